The molecular formula is C28H23N3O5. The van der Waals surface area contributed by atoms with Gasteiger partial charge in [-0.2, -0.15) is 9.59 Å². The largest absolute Gasteiger partial charge is 0.441 e. The van der Waals surface area contributed by atoms with Crippen molar-refractivity contribution in [3.05, 3.63) is 96.2 Å². The van der Waals surface area contributed by atoms with Crippen LogP contribution in [0, 0.1) is 6.92 Å². The molecule has 0 bridgehead atoms. The molecule has 36 heavy (non-hydrogen) atoms. The summed E-state index contributed by atoms with van der Waals surface area (Å²) in [5, 5.41) is 8.00. The Morgan fingerprint density at radius 2 is 1.61 bits per heavy atom. The maximum Gasteiger partial charge on any atom is 0.412 e. The van der Waals surface area contributed by atoms with Gasteiger partial charge in [0.25, 0.3) is 0 Å². The molecule has 0 fully saturated rings. The van der Waals surface area contributed by atoms with Gasteiger partial charge in [-0.05, 0) is 37.1 Å². The van der Waals surface area contributed by atoms with Gasteiger partial charge in [0.05, 0.1) is 0 Å². The third kappa shape index (κ3) is 5.41. The number of ether oxygens (including phenoxy) is 1. The predicted octanol–water partition coefficient (Wildman–Crippen LogP) is 6.52. The van der Waals surface area contributed by atoms with Crippen molar-refractivity contribution >= 4 is 28.8 Å². The predicted molar refractivity (Wildman–Crippen MR) is 134 cm³/mol. The summed E-state index contributed by atoms with van der Waals surface area (Å²) in [5.74, 6) is 0.486. The third-order valence-electron chi connectivity index (χ3n) is 5.63. The van der Waals surface area contributed by atoms with Gasteiger partial charge in [-0.15, -0.1) is 0 Å². The molecule has 0 aliphatic heterocycles. The lowest BCUT2D eigenvalue weighted by Gasteiger charge is -2.14. The molecule has 5 aromatic rings. The minimum Gasteiger partial charge on any atom is -0.441 e. The van der Waals surface area contributed by atoms with Crippen molar-refractivity contribution in [2.45, 2.75) is 20.0 Å². The average Bonchev–Trinajstić information content (AvgIpc) is 3.49. The number of para-hydroxylation sites is 1. The van der Waals surface area contributed by atoms with Crippen LogP contribution < -0.4 is 5.32 Å². The highest BCUT2D eigenvalue weighted by atomic mass is 16.6. The summed E-state index contributed by atoms with van der Waals surface area (Å²) in [4.78, 5) is 32.2. The molecule has 0 spiro atoms. The second-order valence-electron chi connectivity index (χ2n) is 7.99. The highest BCUT2D eigenvalue weighted by Gasteiger charge is 2.20. The fraction of sp³-hybridized carbons (Fsp3) is 0.107. The number of aromatic amines is 1. The molecule has 0 aliphatic carbocycles. The normalized spacial score (nSPS) is 11.2. The number of carbonyl (C=O) groups excluding carboxylic acids is 3. The number of hydrogen-bond acceptors (Lipinski definition) is 6. The molecule has 3 aromatic carbocycles. The molecule has 1 unspecified atom stereocenters. The number of H-pyrrole nitrogens is 1. The van der Waals surface area contributed by atoms with Crippen LogP contribution in [0.15, 0.2) is 89.5 Å². The van der Waals surface area contributed by atoms with Crippen LogP contribution in [0.4, 0.5) is 10.5 Å². The van der Waals surface area contributed by atoms with E-state index in [9.17, 15) is 4.79 Å². The molecule has 8 heteroatoms. The fourth-order valence-corrected chi connectivity index (χ4v) is 3.83. The van der Waals surface area contributed by atoms with Crippen LogP contribution in [0.5, 0.6) is 0 Å². The number of amides is 1. The number of aryl methyl sites for hydroxylation is 1. The minimum atomic E-state index is -0.561. The summed E-state index contributed by atoms with van der Waals surface area (Å²) >= 11 is 0. The van der Waals surface area contributed by atoms with E-state index in [4.69, 9.17) is 18.8 Å². The summed E-state index contributed by atoms with van der Waals surface area (Å²) in [6.07, 6.45) is -0.695. The lowest BCUT2D eigenvalue weighted by atomic mass is 10.1. The van der Waals surface area contributed by atoms with E-state index in [1.807, 2.05) is 73.7 Å². The van der Waals surface area contributed by atoms with Crippen molar-refractivity contribution in [1.29, 1.82) is 0 Å². The van der Waals surface area contributed by atoms with E-state index >= 15 is 0 Å². The van der Waals surface area contributed by atoms with E-state index in [0.29, 0.717) is 17.1 Å². The van der Waals surface area contributed by atoms with E-state index in [2.05, 4.69) is 33.7 Å². The first-order valence-corrected chi connectivity index (χ1v) is 11.2. The van der Waals surface area contributed by atoms with Crippen LogP contribution in [0.1, 0.15) is 24.3 Å². The average molecular weight is 482 g/mol. The SMILES string of the molecule is Cc1noc(-c2ccc(-c3cc4ccccc4[nH]3)cc2)c1NC(=O)OC(C)c1ccccc1.O=C=O. The number of aromatic nitrogens is 2. The Balaban J connectivity index is 0.000000967. The van der Waals surface area contributed by atoms with Gasteiger partial charge >= 0.3 is 12.2 Å². The second-order valence-corrected chi connectivity index (χ2v) is 7.99. The third-order valence-corrected chi connectivity index (χ3v) is 5.63. The zero-order valence-corrected chi connectivity index (χ0v) is 19.6. The van der Waals surface area contributed by atoms with Gasteiger partial charge in [0.15, 0.2) is 5.76 Å². The Morgan fingerprint density at radius 1 is 0.972 bits per heavy atom. The molecule has 2 aromatic heterocycles. The summed E-state index contributed by atoms with van der Waals surface area (Å²) in [7, 11) is 0. The summed E-state index contributed by atoms with van der Waals surface area (Å²) in [6.45, 7) is 3.61. The Bertz CT molecular complexity index is 1460. The van der Waals surface area contributed by atoms with Crippen LogP contribution in [-0.2, 0) is 14.3 Å². The van der Waals surface area contributed by atoms with Crippen molar-refractivity contribution in [2.24, 2.45) is 0 Å². The molecule has 0 saturated carbocycles. The standard InChI is InChI=1S/C27H23N3O3.CO2/c1-17-25(29-27(31)32-18(2)19-8-4-3-5-9-19)26(33-30-17)21-14-12-20(13-15-21)24-16-22-10-6-7-11-23(22)28-24;2-1-3/h3-16,18,28H,1-2H3,(H,29,31);. The number of benzene rings is 3. The molecule has 5 rings (SSSR count). The van der Waals surface area contributed by atoms with Gasteiger partial charge < -0.3 is 14.2 Å². The highest BCUT2D eigenvalue weighted by Crippen LogP contribution is 2.33. The van der Waals surface area contributed by atoms with Crippen LogP contribution in [0.2, 0.25) is 0 Å². The summed E-state index contributed by atoms with van der Waals surface area (Å²) < 4.78 is 11.1. The monoisotopic (exact) mass is 481 g/mol. The first kappa shape index (κ1) is 24.2. The molecule has 1 amide bonds. The van der Waals surface area contributed by atoms with Crippen molar-refractivity contribution in [1.82, 2.24) is 10.1 Å². The molecule has 8 nitrogen and oxygen atoms in total. The lowest BCUT2D eigenvalue weighted by molar-refractivity contribution is -0.191. The van der Waals surface area contributed by atoms with Crippen molar-refractivity contribution in [3.8, 4) is 22.6 Å². The number of anilines is 1. The van der Waals surface area contributed by atoms with Crippen LogP contribution >= 0.6 is 0 Å². The van der Waals surface area contributed by atoms with E-state index in [1.165, 1.54) is 0 Å². The number of fused-ring (bicyclic) bond motifs is 1. The minimum absolute atomic E-state index is 0.250. The van der Waals surface area contributed by atoms with Crippen LogP contribution in [0.25, 0.3) is 33.5 Å². The molecule has 1 atom stereocenters. The molecule has 180 valence electrons. The van der Waals surface area contributed by atoms with Crippen molar-refractivity contribution in [3.63, 3.8) is 0 Å². The van der Waals surface area contributed by atoms with Gasteiger partial charge in [-0.3, -0.25) is 5.32 Å². The lowest BCUT2D eigenvalue weighted by Crippen LogP contribution is -2.16. The van der Waals surface area contributed by atoms with Gasteiger partial charge in [0.1, 0.15) is 17.5 Å². The number of nitrogens with zero attached hydrogens (tertiary/aromatic N) is 1. The maximum absolute atomic E-state index is 12.5. The quantitative estimate of drug-likeness (QED) is 0.295. The Hall–Kier alpha value is -4.94. The van der Waals surface area contributed by atoms with E-state index in [-0.39, 0.29) is 12.3 Å². The zero-order valence-electron chi connectivity index (χ0n) is 19.6. The van der Waals surface area contributed by atoms with Crippen molar-refractivity contribution in [2.75, 3.05) is 5.32 Å². The first-order valence-electron chi connectivity index (χ1n) is 11.2. The second kappa shape index (κ2) is 11.0. The molecule has 0 radical (unpaired) electrons. The molecule has 0 saturated heterocycles. The van der Waals surface area contributed by atoms with Crippen LogP contribution in [-0.4, -0.2) is 22.4 Å². The summed E-state index contributed by atoms with van der Waals surface area (Å²) in [6, 6.07) is 27.8. The smallest absolute Gasteiger partial charge is 0.412 e. The number of hydrogen-bond donors (Lipinski definition) is 2. The fourth-order valence-electron chi connectivity index (χ4n) is 3.83. The summed E-state index contributed by atoms with van der Waals surface area (Å²) in [5.41, 5.74) is 5.99. The Morgan fingerprint density at radius 3 is 2.31 bits per heavy atom. The number of nitrogens with one attached hydrogen (secondary N) is 2. The zero-order chi connectivity index (χ0) is 25.5. The Labute approximate surface area is 206 Å². The van der Waals surface area contributed by atoms with E-state index in [0.717, 1.165) is 33.3 Å². The van der Waals surface area contributed by atoms with Crippen molar-refractivity contribution < 1.29 is 23.6 Å². The number of rotatable bonds is 5. The number of carbonyl (C=O) groups is 1. The van der Waals surface area contributed by atoms with E-state index < -0.39 is 6.09 Å². The van der Waals surface area contributed by atoms with Gasteiger partial charge in [-0.1, -0.05) is 78.0 Å². The van der Waals surface area contributed by atoms with E-state index in [1.54, 1.807) is 6.92 Å². The van der Waals surface area contributed by atoms with Gasteiger partial charge in [0.2, 0.25) is 0 Å². The topological polar surface area (TPSA) is 114 Å². The first-order chi connectivity index (χ1) is 17.5. The maximum atomic E-state index is 12.5. The Kier molecular flexibility index (Phi) is 7.39. The van der Waals surface area contributed by atoms with Gasteiger partial charge in [0, 0.05) is 22.2 Å². The molecular weight excluding hydrogens is 458 g/mol. The van der Waals surface area contributed by atoms with Gasteiger partial charge in [-0.25, -0.2) is 4.79 Å². The molecule has 0 aliphatic rings. The van der Waals surface area contributed by atoms with Crippen LogP contribution in [0.3, 0.4) is 0 Å². The molecule has 2 N–H and O–H groups in total. The highest BCUT2D eigenvalue weighted by molar-refractivity contribution is 5.91. The molecule has 2 heterocycles.